The van der Waals surface area contributed by atoms with Crippen LogP contribution in [0.15, 0.2) is 0 Å². The van der Waals surface area contributed by atoms with E-state index in [4.69, 9.17) is 4.74 Å². The molecule has 1 aliphatic rings. The van der Waals surface area contributed by atoms with E-state index in [2.05, 4.69) is 5.32 Å². The average Bonchev–Trinajstić information content (AvgIpc) is 2.18. The summed E-state index contributed by atoms with van der Waals surface area (Å²) in [6.45, 7) is 7.70. The molecule has 1 saturated heterocycles. The van der Waals surface area contributed by atoms with E-state index < -0.39 is 0 Å². The summed E-state index contributed by atoms with van der Waals surface area (Å²) in [4.78, 5) is 13.5. The van der Waals surface area contributed by atoms with Gasteiger partial charge >= 0.3 is 0 Å². The number of nitrogens with one attached hydrogen (secondary N) is 1. The van der Waals surface area contributed by atoms with Gasteiger partial charge in [-0.1, -0.05) is 0 Å². The number of hydrogen-bond acceptors (Lipinski definition) is 3. The Hall–Kier alpha value is -0.610. The molecule has 1 fully saturated rings. The Morgan fingerprint density at radius 1 is 1.54 bits per heavy atom. The fourth-order valence-corrected chi connectivity index (χ4v) is 1.46. The van der Waals surface area contributed by atoms with Crippen LogP contribution in [0.5, 0.6) is 0 Å². The summed E-state index contributed by atoms with van der Waals surface area (Å²) in [5.74, 6) is 0.114. The molecule has 1 N–H and O–H groups in total. The number of rotatable bonds is 3. The van der Waals surface area contributed by atoms with Crippen LogP contribution in [0, 0.1) is 0 Å². The molecule has 0 saturated carbocycles. The van der Waals surface area contributed by atoms with Gasteiger partial charge in [-0.25, -0.2) is 0 Å². The maximum absolute atomic E-state index is 11.7. The van der Waals surface area contributed by atoms with Crippen molar-refractivity contribution in [1.82, 2.24) is 10.2 Å². The van der Waals surface area contributed by atoms with E-state index in [1.54, 1.807) is 0 Å². The van der Waals surface area contributed by atoms with Crippen LogP contribution >= 0.6 is 0 Å². The molecule has 0 radical (unpaired) electrons. The third-order valence-electron chi connectivity index (χ3n) is 2.19. The first-order valence-electron chi connectivity index (χ1n) is 4.86. The molecule has 1 atom stereocenters. The molecule has 4 nitrogen and oxygen atoms in total. The van der Waals surface area contributed by atoms with Crippen LogP contribution in [0.4, 0.5) is 0 Å². The zero-order valence-electron chi connectivity index (χ0n) is 8.38. The number of ether oxygens (including phenoxy) is 1. The van der Waals surface area contributed by atoms with Crippen LogP contribution in [-0.2, 0) is 9.53 Å². The second kappa shape index (κ2) is 5.19. The summed E-state index contributed by atoms with van der Waals surface area (Å²) >= 11 is 0. The highest BCUT2D eigenvalue weighted by Crippen LogP contribution is 2.00. The Balaban J connectivity index is 2.36. The zero-order chi connectivity index (χ0) is 9.68. The summed E-state index contributed by atoms with van der Waals surface area (Å²) in [7, 11) is 0. The van der Waals surface area contributed by atoms with Crippen molar-refractivity contribution in [2.75, 3.05) is 32.8 Å². The molecule has 1 aliphatic heterocycles. The van der Waals surface area contributed by atoms with Crippen molar-refractivity contribution >= 4 is 5.91 Å². The number of nitrogens with zero attached hydrogens (tertiary/aromatic N) is 1. The van der Waals surface area contributed by atoms with Crippen LogP contribution in [0.1, 0.15) is 13.8 Å². The summed E-state index contributed by atoms with van der Waals surface area (Å²) in [5.41, 5.74) is 0. The third-order valence-corrected chi connectivity index (χ3v) is 2.19. The fourth-order valence-electron chi connectivity index (χ4n) is 1.46. The first-order chi connectivity index (χ1) is 6.25. The fraction of sp³-hybridized carbons (Fsp3) is 0.889. The van der Waals surface area contributed by atoms with E-state index in [-0.39, 0.29) is 12.0 Å². The molecule has 1 heterocycles. The van der Waals surface area contributed by atoms with Crippen molar-refractivity contribution < 1.29 is 9.53 Å². The molecule has 13 heavy (non-hydrogen) atoms. The molecule has 1 rings (SSSR count). The van der Waals surface area contributed by atoms with Crippen LogP contribution in [0.3, 0.4) is 0 Å². The lowest BCUT2D eigenvalue weighted by atomic mass is 10.3. The van der Waals surface area contributed by atoms with Crippen LogP contribution in [-0.4, -0.2) is 49.7 Å². The Kier molecular flexibility index (Phi) is 4.18. The predicted molar refractivity (Wildman–Crippen MR) is 50.5 cm³/mol. The molecule has 0 aliphatic carbocycles. The molecule has 0 spiro atoms. The van der Waals surface area contributed by atoms with Gasteiger partial charge in [0.1, 0.15) is 6.10 Å². The van der Waals surface area contributed by atoms with Crippen molar-refractivity contribution in [1.29, 1.82) is 0 Å². The number of carbonyl (C=O) groups is 1. The van der Waals surface area contributed by atoms with Crippen LogP contribution in [0.25, 0.3) is 0 Å². The second-order valence-electron chi connectivity index (χ2n) is 3.17. The maximum Gasteiger partial charge on any atom is 0.251 e. The van der Waals surface area contributed by atoms with Gasteiger partial charge in [-0.15, -0.1) is 0 Å². The number of carbonyl (C=O) groups excluding carboxylic acids is 1. The molecule has 4 heteroatoms. The number of piperazine rings is 1. The Labute approximate surface area is 79.2 Å². The highest BCUT2D eigenvalue weighted by Gasteiger charge is 2.21. The average molecular weight is 186 g/mol. The predicted octanol–water partition coefficient (Wildman–Crippen LogP) is -0.157. The van der Waals surface area contributed by atoms with Crippen molar-refractivity contribution in [2.24, 2.45) is 0 Å². The van der Waals surface area contributed by atoms with Crippen molar-refractivity contribution in [3.8, 4) is 0 Å². The number of amides is 1. The van der Waals surface area contributed by atoms with Crippen LogP contribution in [0.2, 0.25) is 0 Å². The van der Waals surface area contributed by atoms with E-state index in [0.29, 0.717) is 6.61 Å². The van der Waals surface area contributed by atoms with Crippen molar-refractivity contribution in [3.05, 3.63) is 0 Å². The number of hydrogen-bond donors (Lipinski definition) is 1. The van der Waals surface area contributed by atoms with Gasteiger partial charge in [-0.3, -0.25) is 4.79 Å². The normalized spacial score (nSPS) is 20.0. The van der Waals surface area contributed by atoms with E-state index in [1.807, 2.05) is 18.7 Å². The minimum atomic E-state index is -0.289. The standard InChI is InChI=1S/C9H18N2O2/c1-3-13-8(2)9(12)11-6-4-10-5-7-11/h8,10H,3-7H2,1-2H3. The van der Waals surface area contributed by atoms with Gasteiger partial charge in [-0.05, 0) is 13.8 Å². The molecule has 0 aromatic heterocycles. The van der Waals surface area contributed by atoms with Gasteiger partial charge in [0.15, 0.2) is 0 Å². The van der Waals surface area contributed by atoms with E-state index in [1.165, 1.54) is 0 Å². The van der Waals surface area contributed by atoms with Gasteiger partial charge in [0.25, 0.3) is 5.91 Å². The summed E-state index contributed by atoms with van der Waals surface area (Å²) < 4.78 is 5.25. The SMILES string of the molecule is CCOC(C)C(=O)N1CCNCC1. The van der Waals surface area contributed by atoms with E-state index in [9.17, 15) is 4.79 Å². The monoisotopic (exact) mass is 186 g/mol. The van der Waals surface area contributed by atoms with Gasteiger partial charge in [0.05, 0.1) is 0 Å². The largest absolute Gasteiger partial charge is 0.369 e. The Bertz CT molecular complexity index is 167. The first kappa shape index (κ1) is 10.5. The van der Waals surface area contributed by atoms with Gasteiger partial charge in [0, 0.05) is 32.8 Å². The lowest BCUT2D eigenvalue weighted by molar-refractivity contribution is -0.142. The van der Waals surface area contributed by atoms with E-state index in [0.717, 1.165) is 26.2 Å². The molecule has 0 bridgehead atoms. The van der Waals surface area contributed by atoms with Crippen LogP contribution < -0.4 is 5.32 Å². The van der Waals surface area contributed by atoms with E-state index >= 15 is 0 Å². The second-order valence-corrected chi connectivity index (χ2v) is 3.17. The Morgan fingerprint density at radius 3 is 2.69 bits per heavy atom. The smallest absolute Gasteiger partial charge is 0.251 e. The summed E-state index contributed by atoms with van der Waals surface area (Å²) in [6, 6.07) is 0. The van der Waals surface area contributed by atoms with Gasteiger partial charge in [-0.2, -0.15) is 0 Å². The summed E-state index contributed by atoms with van der Waals surface area (Å²) in [6.07, 6.45) is -0.289. The minimum Gasteiger partial charge on any atom is -0.369 e. The minimum absolute atomic E-state index is 0.114. The highest BCUT2D eigenvalue weighted by atomic mass is 16.5. The molecular formula is C9H18N2O2. The van der Waals surface area contributed by atoms with Gasteiger partial charge in [0.2, 0.25) is 0 Å². The van der Waals surface area contributed by atoms with Crippen molar-refractivity contribution in [3.63, 3.8) is 0 Å². The lowest BCUT2D eigenvalue weighted by Crippen LogP contribution is -2.49. The maximum atomic E-state index is 11.7. The summed E-state index contributed by atoms with van der Waals surface area (Å²) in [5, 5.41) is 3.21. The quantitative estimate of drug-likeness (QED) is 0.666. The molecule has 1 unspecified atom stereocenters. The topological polar surface area (TPSA) is 41.6 Å². The Morgan fingerprint density at radius 2 is 2.15 bits per heavy atom. The molecule has 76 valence electrons. The third kappa shape index (κ3) is 2.97. The molecule has 0 aromatic rings. The zero-order valence-corrected chi connectivity index (χ0v) is 8.38. The first-order valence-corrected chi connectivity index (χ1v) is 4.86. The molecule has 1 amide bonds. The molecule has 0 aromatic carbocycles. The lowest BCUT2D eigenvalue weighted by Gasteiger charge is -2.29. The highest BCUT2D eigenvalue weighted by molar-refractivity contribution is 5.80. The molecular weight excluding hydrogens is 168 g/mol. The van der Waals surface area contributed by atoms with Gasteiger partial charge < -0.3 is 15.0 Å². The van der Waals surface area contributed by atoms with Crippen molar-refractivity contribution in [2.45, 2.75) is 20.0 Å².